The van der Waals surface area contributed by atoms with E-state index in [1.807, 2.05) is 19.1 Å². The maximum absolute atomic E-state index is 10.6. The Morgan fingerprint density at radius 1 is 1.39 bits per heavy atom. The highest BCUT2D eigenvalue weighted by Gasteiger charge is 2.03. The first kappa shape index (κ1) is 14.3. The van der Waals surface area contributed by atoms with E-state index in [1.165, 1.54) is 6.92 Å². The Labute approximate surface area is 107 Å². The summed E-state index contributed by atoms with van der Waals surface area (Å²) in [6.07, 6.45) is 0. The van der Waals surface area contributed by atoms with Crippen molar-refractivity contribution in [1.82, 2.24) is 10.6 Å². The molecule has 0 aromatic heterocycles. The van der Waals surface area contributed by atoms with E-state index in [9.17, 15) is 9.90 Å². The lowest BCUT2D eigenvalue weighted by atomic mass is 10.2. The van der Waals surface area contributed by atoms with Crippen molar-refractivity contribution in [2.45, 2.75) is 20.4 Å². The summed E-state index contributed by atoms with van der Waals surface area (Å²) < 4.78 is 5.30. The van der Waals surface area contributed by atoms with Crippen molar-refractivity contribution >= 4 is 5.91 Å². The van der Waals surface area contributed by atoms with Gasteiger partial charge in [0, 0.05) is 26.6 Å². The van der Waals surface area contributed by atoms with Crippen molar-refractivity contribution < 1.29 is 14.6 Å². The van der Waals surface area contributed by atoms with Gasteiger partial charge in [-0.15, -0.1) is 0 Å². The number of ether oxygens (including phenoxy) is 1. The predicted molar refractivity (Wildman–Crippen MR) is 69.7 cm³/mol. The van der Waals surface area contributed by atoms with Crippen LogP contribution in [-0.2, 0) is 11.3 Å². The highest BCUT2D eigenvalue weighted by molar-refractivity contribution is 5.72. The number of hydrogen-bond acceptors (Lipinski definition) is 4. The van der Waals surface area contributed by atoms with Gasteiger partial charge in [-0.05, 0) is 24.6 Å². The summed E-state index contributed by atoms with van der Waals surface area (Å²) in [4.78, 5) is 10.6. The minimum atomic E-state index is -0.0277. The summed E-state index contributed by atoms with van der Waals surface area (Å²) in [7, 11) is 0. The monoisotopic (exact) mass is 252 g/mol. The van der Waals surface area contributed by atoms with E-state index in [0.717, 1.165) is 5.56 Å². The molecule has 0 aliphatic carbocycles. The SMILES string of the molecule is CCOc1cc(CNCCNC(C)=O)ccc1O. The van der Waals surface area contributed by atoms with Crippen molar-refractivity contribution in [2.24, 2.45) is 0 Å². The Hall–Kier alpha value is -1.75. The summed E-state index contributed by atoms with van der Waals surface area (Å²) in [5, 5.41) is 15.4. The second-order valence-electron chi connectivity index (χ2n) is 3.89. The minimum absolute atomic E-state index is 0.0277. The smallest absolute Gasteiger partial charge is 0.216 e. The fourth-order valence-corrected chi connectivity index (χ4v) is 1.50. The summed E-state index contributed by atoms with van der Waals surface area (Å²) in [6, 6.07) is 5.27. The van der Waals surface area contributed by atoms with Crippen molar-refractivity contribution in [3.8, 4) is 11.5 Å². The standard InChI is InChI=1S/C13H20N2O3/c1-3-18-13-8-11(4-5-12(13)17)9-14-6-7-15-10(2)16/h4-5,8,14,17H,3,6-7,9H2,1-2H3,(H,15,16). The maximum Gasteiger partial charge on any atom is 0.216 e. The molecular weight excluding hydrogens is 232 g/mol. The van der Waals surface area contributed by atoms with Crippen LogP contribution < -0.4 is 15.4 Å². The van der Waals surface area contributed by atoms with Gasteiger partial charge in [0.25, 0.3) is 0 Å². The fourth-order valence-electron chi connectivity index (χ4n) is 1.50. The molecule has 3 N–H and O–H groups in total. The topological polar surface area (TPSA) is 70.6 Å². The van der Waals surface area contributed by atoms with Gasteiger partial charge in [0.2, 0.25) is 5.91 Å². The molecule has 18 heavy (non-hydrogen) atoms. The molecule has 0 saturated heterocycles. The zero-order valence-electron chi connectivity index (χ0n) is 10.8. The lowest BCUT2D eigenvalue weighted by molar-refractivity contribution is -0.118. The van der Waals surface area contributed by atoms with E-state index in [-0.39, 0.29) is 11.7 Å². The molecule has 1 amide bonds. The van der Waals surface area contributed by atoms with Crippen molar-refractivity contribution in [2.75, 3.05) is 19.7 Å². The molecule has 5 heteroatoms. The lowest BCUT2D eigenvalue weighted by Gasteiger charge is -2.09. The van der Waals surface area contributed by atoms with Crippen LogP contribution in [0.15, 0.2) is 18.2 Å². The third-order valence-corrected chi connectivity index (χ3v) is 2.33. The molecule has 0 saturated carbocycles. The number of amides is 1. The average Bonchev–Trinajstić information content (AvgIpc) is 2.32. The normalized spacial score (nSPS) is 10.1. The molecule has 0 aliphatic rings. The van der Waals surface area contributed by atoms with Crippen molar-refractivity contribution in [3.63, 3.8) is 0 Å². The molecule has 0 aliphatic heterocycles. The first-order valence-corrected chi connectivity index (χ1v) is 6.03. The first-order valence-electron chi connectivity index (χ1n) is 6.03. The summed E-state index contributed by atoms with van der Waals surface area (Å²) >= 11 is 0. The molecule has 0 radical (unpaired) electrons. The van der Waals surface area contributed by atoms with Gasteiger partial charge in [0.1, 0.15) is 0 Å². The Morgan fingerprint density at radius 3 is 2.83 bits per heavy atom. The molecule has 0 unspecified atom stereocenters. The third kappa shape index (κ3) is 5.05. The largest absolute Gasteiger partial charge is 0.504 e. The lowest BCUT2D eigenvalue weighted by Crippen LogP contribution is -2.29. The highest BCUT2D eigenvalue weighted by atomic mass is 16.5. The molecule has 5 nitrogen and oxygen atoms in total. The number of nitrogens with one attached hydrogen (secondary N) is 2. The van der Waals surface area contributed by atoms with Gasteiger partial charge in [-0.3, -0.25) is 4.79 Å². The number of hydrogen-bond donors (Lipinski definition) is 3. The van der Waals surface area contributed by atoms with Crippen LogP contribution in [0.1, 0.15) is 19.4 Å². The number of phenolic OH excluding ortho intramolecular Hbond substituents is 1. The predicted octanol–water partition coefficient (Wildman–Crippen LogP) is 1.02. The van der Waals surface area contributed by atoms with Crippen LogP contribution in [0.25, 0.3) is 0 Å². The molecular formula is C13H20N2O3. The Bertz CT molecular complexity index is 394. The molecule has 1 aromatic carbocycles. The fraction of sp³-hybridized carbons (Fsp3) is 0.462. The van der Waals surface area contributed by atoms with Gasteiger partial charge < -0.3 is 20.5 Å². The Balaban J connectivity index is 2.38. The van der Waals surface area contributed by atoms with E-state index >= 15 is 0 Å². The van der Waals surface area contributed by atoms with E-state index in [0.29, 0.717) is 32.0 Å². The molecule has 0 heterocycles. The van der Waals surface area contributed by atoms with Crippen LogP contribution in [0, 0.1) is 0 Å². The van der Waals surface area contributed by atoms with Gasteiger partial charge in [-0.25, -0.2) is 0 Å². The van der Waals surface area contributed by atoms with Crippen LogP contribution in [-0.4, -0.2) is 30.7 Å². The number of aromatic hydroxyl groups is 1. The number of benzene rings is 1. The van der Waals surface area contributed by atoms with Crippen molar-refractivity contribution in [1.29, 1.82) is 0 Å². The first-order chi connectivity index (χ1) is 8.63. The minimum Gasteiger partial charge on any atom is -0.504 e. The van der Waals surface area contributed by atoms with Crippen LogP contribution in [0.3, 0.4) is 0 Å². The zero-order valence-corrected chi connectivity index (χ0v) is 10.8. The van der Waals surface area contributed by atoms with Gasteiger partial charge in [0.15, 0.2) is 11.5 Å². The Kier molecular flexibility index (Phi) is 6.00. The second-order valence-corrected chi connectivity index (χ2v) is 3.89. The van der Waals surface area contributed by atoms with Crippen LogP contribution in [0.2, 0.25) is 0 Å². The van der Waals surface area contributed by atoms with Crippen LogP contribution in [0.5, 0.6) is 11.5 Å². The van der Waals surface area contributed by atoms with Gasteiger partial charge in [-0.2, -0.15) is 0 Å². The van der Waals surface area contributed by atoms with Gasteiger partial charge in [-0.1, -0.05) is 6.07 Å². The molecule has 0 spiro atoms. The van der Waals surface area contributed by atoms with E-state index in [1.54, 1.807) is 6.07 Å². The van der Waals surface area contributed by atoms with E-state index in [4.69, 9.17) is 4.74 Å². The quantitative estimate of drug-likeness (QED) is 0.634. The molecule has 1 aromatic rings. The van der Waals surface area contributed by atoms with Gasteiger partial charge >= 0.3 is 0 Å². The number of phenols is 1. The van der Waals surface area contributed by atoms with Crippen molar-refractivity contribution in [3.05, 3.63) is 23.8 Å². The van der Waals surface area contributed by atoms with Crippen LogP contribution in [0.4, 0.5) is 0 Å². The molecule has 0 atom stereocenters. The number of carbonyl (C=O) groups is 1. The highest BCUT2D eigenvalue weighted by Crippen LogP contribution is 2.26. The Morgan fingerprint density at radius 2 is 2.17 bits per heavy atom. The van der Waals surface area contributed by atoms with Crippen LogP contribution >= 0.6 is 0 Å². The molecule has 1 rings (SSSR count). The maximum atomic E-state index is 10.6. The second kappa shape index (κ2) is 7.55. The van der Waals surface area contributed by atoms with Gasteiger partial charge in [0.05, 0.1) is 6.61 Å². The average molecular weight is 252 g/mol. The van der Waals surface area contributed by atoms with E-state index < -0.39 is 0 Å². The summed E-state index contributed by atoms with van der Waals surface area (Å²) in [5.41, 5.74) is 1.03. The number of rotatable bonds is 7. The molecule has 0 fully saturated rings. The summed E-state index contributed by atoms with van der Waals surface area (Å²) in [5.74, 6) is 0.623. The zero-order chi connectivity index (χ0) is 13.4. The third-order valence-electron chi connectivity index (χ3n) is 2.33. The molecule has 0 bridgehead atoms. The summed E-state index contributed by atoms with van der Waals surface area (Å²) in [6.45, 7) is 5.86. The number of carbonyl (C=O) groups excluding carboxylic acids is 1. The van der Waals surface area contributed by atoms with E-state index in [2.05, 4.69) is 10.6 Å². The molecule has 100 valence electrons.